The Labute approximate surface area is 134 Å². The van der Waals surface area contributed by atoms with E-state index in [1.807, 2.05) is 47.4 Å². The van der Waals surface area contributed by atoms with Crippen molar-refractivity contribution in [3.8, 4) is 11.1 Å². The highest BCUT2D eigenvalue weighted by molar-refractivity contribution is 5.94. The SMILES string of the molecule is O=C(c1ccc(-c2ccccc2)cc1)N1CCc2oncc2C1. The molecule has 1 aliphatic heterocycles. The number of nitrogens with zero attached hydrogens (tertiary/aromatic N) is 2. The molecule has 4 rings (SSSR count). The van der Waals surface area contributed by atoms with E-state index in [2.05, 4.69) is 17.3 Å². The van der Waals surface area contributed by atoms with Crippen LogP contribution in [0, 0.1) is 0 Å². The van der Waals surface area contributed by atoms with Crippen LogP contribution in [0.5, 0.6) is 0 Å². The van der Waals surface area contributed by atoms with Crippen molar-refractivity contribution in [2.75, 3.05) is 6.54 Å². The van der Waals surface area contributed by atoms with Crippen LogP contribution in [0.15, 0.2) is 65.3 Å². The third-order valence-electron chi connectivity index (χ3n) is 4.23. The summed E-state index contributed by atoms with van der Waals surface area (Å²) in [6.45, 7) is 1.24. The zero-order valence-electron chi connectivity index (χ0n) is 12.6. The summed E-state index contributed by atoms with van der Waals surface area (Å²) in [5.41, 5.74) is 3.98. The molecule has 0 aliphatic carbocycles. The van der Waals surface area contributed by atoms with Crippen LogP contribution < -0.4 is 0 Å². The fourth-order valence-corrected chi connectivity index (χ4v) is 2.93. The van der Waals surface area contributed by atoms with Crippen LogP contribution in [0.1, 0.15) is 21.7 Å². The first-order valence-electron chi connectivity index (χ1n) is 7.68. The normalized spacial score (nSPS) is 13.7. The molecule has 1 aromatic heterocycles. The standard InChI is InChI=1S/C19H16N2O2/c22-19(21-11-10-18-17(13-21)12-20-23-18)16-8-6-15(7-9-16)14-4-2-1-3-5-14/h1-9,12H,10-11,13H2. The average Bonchev–Trinajstić information content (AvgIpc) is 3.10. The number of rotatable bonds is 2. The van der Waals surface area contributed by atoms with Gasteiger partial charge in [0.25, 0.3) is 5.91 Å². The summed E-state index contributed by atoms with van der Waals surface area (Å²) in [4.78, 5) is 14.5. The minimum Gasteiger partial charge on any atom is -0.361 e. The van der Waals surface area contributed by atoms with Crippen molar-refractivity contribution >= 4 is 5.91 Å². The molecule has 2 heterocycles. The number of amides is 1. The molecule has 0 spiro atoms. The van der Waals surface area contributed by atoms with Gasteiger partial charge in [0, 0.05) is 24.1 Å². The Hall–Kier alpha value is -2.88. The Balaban J connectivity index is 1.53. The quantitative estimate of drug-likeness (QED) is 0.727. The number of fused-ring (bicyclic) bond motifs is 1. The molecule has 0 radical (unpaired) electrons. The van der Waals surface area contributed by atoms with Gasteiger partial charge in [-0.15, -0.1) is 0 Å². The number of carbonyl (C=O) groups is 1. The molecule has 1 amide bonds. The largest absolute Gasteiger partial charge is 0.361 e. The van der Waals surface area contributed by atoms with Crippen LogP contribution in [0.4, 0.5) is 0 Å². The van der Waals surface area contributed by atoms with Crippen LogP contribution >= 0.6 is 0 Å². The monoisotopic (exact) mass is 304 g/mol. The number of carbonyl (C=O) groups excluding carboxylic acids is 1. The molecular formula is C19H16N2O2. The van der Waals surface area contributed by atoms with Crippen LogP contribution in [0.2, 0.25) is 0 Å². The van der Waals surface area contributed by atoms with Gasteiger partial charge in [-0.05, 0) is 23.3 Å². The first-order valence-corrected chi connectivity index (χ1v) is 7.68. The van der Waals surface area contributed by atoms with Gasteiger partial charge < -0.3 is 9.42 Å². The molecule has 0 atom stereocenters. The van der Waals surface area contributed by atoms with Crippen molar-refractivity contribution in [3.05, 3.63) is 77.7 Å². The summed E-state index contributed by atoms with van der Waals surface area (Å²) in [7, 11) is 0. The van der Waals surface area contributed by atoms with Crippen LogP contribution in [0.25, 0.3) is 11.1 Å². The molecule has 23 heavy (non-hydrogen) atoms. The molecule has 0 saturated carbocycles. The number of benzene rings is 2. The van der Waals surface area contributed by atoms with Gasteiger partial charge in [0.2, 0.25) is 0 Å². The van der Waals surface area contributed by atoms with Gasteiger partial charge in [0.1, 0.15) is 5.76 Å². The number of hydrogen-bond donors (Lipinski definition) is 0. The van der Waals surface area contributed by atoms with Crippen molar-refractivity contribution < 1.29 is 9.32 Å². The molecule has 0 saturated heterocycles. The van der Waals surface area contributed by atoms with Crippen molar-refractivity contribution in [2.45, 2.75) is 13.0 Å². The van der Waals surface area contributed by atoms with Gasteiger partial charge in [-0.2, -0.15) is 0 Å². The molecule has 1 aliphatic rings. The third-order valence-corrected chi connectivity index (χ3v) is 4.23. The lowest BCUT2D eigenvalue weighted by atomic mass is 10.0. The zero-order valence-corrected chi connectivity index (χ0v) is 12.6. The minimum atomic E-state index is 0.0523. The van der Waals surface area contributed by atoms with Crippen LogP contribution in [-0.4, -0.2) is 22.5 Å². The summed E-state index contributed by atoms with van der Waals surface area (Å²) in [5, 5.41) is 3.80. The maximum atomic E-state index is 12.7. The predicted molar refractivity (Wildman–Crippen MR) is 86.8 cm³/mol. The highest BCUT2D eigenvalue weighted by atomic mass is 16.5. The third kappa shape index (κ3) is 2.63. The topological polar surface area (TPSA) is 46.3 Å². The van der Waals surface area contributed by atoms with Gasteiger partial charge in [0.05, 0.1) is 12.7 Å². The molecule has 0 bridgehead atoms. The molecule has 0 N–H and O–H groups in total. The molecule has 4 heteroatoms. The summed E-state index contributed by atoms with van der Waals surface area (Å²) in [6, 6.07) is 17.9. The molecule has 4 nitrogen and oxygen atoms in total. The Kier molecular flexibility index (Phi) is 3.42. The van der Waals surface area contributed by atoms with Crippen molar-refractivity contribution in [1.29, 1.82) is 0 Å². The summed E-state index contributed by atoms with van der Waals surface area (Å²) in [5.74, 6) is 0.949. The van der Waals surface area contributed by atoms with Gasteiger partial charge >= 0.3 is 0 Å². The van der Waals surface area contributed by atoms with Gasteiger partial charge in [0.15, 0.2) is 0 Å². The van der Waals surface area contributed by atoms with Gasteiger partial charge in [-0.25, -0.2) is 0 Å². The highest BCUT2D eigenvalue weighted by Crippen LogP contribution is 2.22. The molecule has 0 unspecified atom stereocenters. The Morgan fingerprint density at radius 2 is 1.74 bits per heavy atom. The zero-order chi connectivity index (χ0) is 15.6. The van der Waals surface area contributed by atoms with Crippen molar-refractivity contribution in [1.82, 2.24) is 10.1 Å². The second-order valence-corrected chi connectivity index (χ2v) is 5.69. The first-order chi connectivity index (χ1) is 11.3. The summed E-state index contributed by atoms with van der Waals surface area (Å²) in [6.07, 6.45) is 2.43. The van der Waals surface area contributed by atoms with E-state index in [1.165, 1.54) is 0 Å². The minimum absolute atomic E-state index is 0.0523. The summed E-state index contributed by atoms with van der Waals surface area (Å²) >= 11 is 0. The van der Waals surface area contributed by atoms with E-state index in [0.717, 1.165) is 28.9 Å². The smallest absolute Gasteiger partial charge is 0.254 e. The van der Waals surface area contributed by atoms with E-state index < -0.39 is 0 Å². The van der Waals surface area contributed by atoms with Crippen molar-refractivity contribution in [2.24, 2.45) is 0 Å². The Morgan fingerprint density at radius 1 is 1.00 bits per heavy atom. The lowest BCUT2D eigenvalue weighted by Gasteiger charge is -2.25. The first kappa shape index (κ1) is 13.8. The molecule has 3 aromatic rings. The highest BCUT2D eigenvalue weighted by Gasteiger charge is 2.24. The number of hydrogen-bond acceptors (Lipinski definition) is 3. The van der Waals surface area contributed by atoms with E-state index in [4.69, 9.17) is 4.52 Å². The summed E-state index contributed by atoms with van der Waals surface area (Å²) < 4.78 is 5.17. The lowest BCUT2D eigenvalue weighted by molar-refractivity contribution is 0.0729. The van der Waals surface area contributed by atoms with Gasteiger partial charge in [-0.3, -0.25) is 4.79 Å². The number of aromatic nitrogens is 1. The van der Waals surface area contributed by atoms with E-state index >= 15 is 0 Å². The van der Waals surface area contributed by atoms with Crippen LogP contribution in [0.3, 0.4) is 0 Å². The van der Waals surface area contributed by atoms with Crippen molar-refractivity contribution in [3.63, 3.8) is 0 Å². The maximum Gasteiger partial charge on any atom is 0.254 e. The van der Waals surface area contributed by atoms with E-state index in [1.54, 1.807) is 6.20 Å². The van der Waals surface area contributed by atoms with Crippen LogP contribution in [-0.2, 0) is 13.0 Å². The second kappa shape index (κ2) is 5.72. The maximum absolute atomic E-state index is 12.7. The molecular weight excluding hydrogens is 288 g/mol. The fourth-order valence-electron chi connectivity index (χ4n) is 2.93. The molecule has 0 fully saturated rings. The van der Waals surface area contributed by atoms with Gasteiger partial charge in [-0.1, -0.05) is 47.6 Å². The fraction of sp³-hybridized carbons (Fsp3) is 0.158. The molecule has 114 valence electrons. The van der Waals surface area contributed by atoms with E-state index in [-0.39, 0.29) is 5.91 Å². The van der Waals surface area contributed by atoms with E-state index in [9.17, 15) is 4.79 Å². The average molecular weight is 304 g/mol. The lowest BCUT2D eigenvalue weighted by Crippen LogP contribution is -2.35. The Bertz CT molecular complexity index is 822. The molecule has 2 aromatic carbocycles. The Morgan fingerprint density at radius 3 is 2.52 bits per heavy atom. The predicted octanol–water partition coefficient (Wildman–Crippen LogP) is 3.54. The second-order valence-electron chi connectivity index (χ2n) is 5.69. The van der Waals surface area contributed by atoms with E-state index in [0.29, 0.717) is 18.7 Å².